The van der Waals surface area contributed by atoms with Gasteiger partial charge < -0.3 is 20.3 Å². The fraction of sp³-hybridized carbons (Fsp3) is 0.529. The van der Waals surface area contributed by atoms with Crippen molar-refractivity contribution in [1.82, 2.24) is 15.5 Å². The normalized spacial score (nSPS) is 11.0. The summed E-state index contributed by atoms with van der Waals surface area (Å²) in [6, 6.07) is 9.67. The van der Waals surface area contributed by atoms with Gasteiger partial charge in [0.15, 0.2) is 5.96 Å². The highest BCUT2D eigenvalue weighted by Crippen LogP contribution is 2.07. The van der Waals surface area contributed by atoms with Gasteiger partial charge in [-0.1, -0.05) is 31.5 Å². The van der Waals surface area contributed by atoms with Crippen molar-refractivity contribution in [1.29, 1.82) is 0 Å². The van der Waals surface area contributed by atoms with Crippen LogP contribution in [0.4, 0.5) is 0 Å². The van der Waals surface area contributed by atoms with Crippen molar-refractivity contribution in [3.63, 3.8) is 0 Å². The minimum atomic E-state index is -0.0258. The zero-order valence-corrected chi connectivity index (χ0v) is 14.3. The first-order valence-electron chi connectivity index (χ1n) is 8.03. The van der Waals surface area contributed by atoms with Gasteiger partial charge in [0.1, 0.15) is 18.9 Å². The molecule has 0 saturated carbocycles. The number of amides is 1. The van der Waals surface area contributed by atoms with Crippen molar-refractivity contribution >= 4 is 11.9 Å². The molecular weight excluding hydrogens is 292 g/mol. The van der Waals surface area contributed by atoms with Gasteiger partial charge in [-0.15, -0.1) is 0 Å². The molecule has 1 aromatic carbocycles. The van der Waals surface area contributed by atoms with E-state index in [1.165, 1.54) is 4.90 Å². The summed E-state index contributed by atoms with van der Waals surface area (Å²) in [5.74, 6) is 1.46. The topological polar surface area (TPSA) is 66.0 Å². The van der Waals surface area contributed by atoms with Gasteiger partial charge in [0.25, 0.3) is 0 Å². The number of nitrogens with zero attached hydrogens (tertiary/aromatic N) is 2. The van der Waals surface area contributed by atoms with Crippen molar-refractivity contribution < 1.29 is 9.53 Å². The molecule has 0 atom stereocenters. The van der Waals surface area contributed by atoms with Crippen LogP contribution in [0.5, 0.6) is 5.75 Å². The number of ether oxygens (including phenoxy) is 1. The first-order valence-corrected chi connectivity index (χ1v) is 8.03. The van der Waals surface area contributed by atoms with Crippen LogP contribution < -0.4 is 15.4 Å². The number of hydrogen-bond acceptors (Lipinski definition) is 3. The van der Waals surface area contributed by atoms with Crippen LogP contribution in [0.15, 0.2) is 35.3 Å². The first-order chi connectivity index (χ1) is 11.1. The molecule has 0 heterocycles. The molecule has 128 valence electrons. The number of carbonyl (C=O) groups is 1. The Hall–Kier alpha value is -2.24. The highest BCUT2D eigenvalue weighted by atomic mass is 16.5. The SMILES string of the molecule is CCCCNC(=NCC(=O)N(C)C)NCCOc1ccccc1. The number of para-hydroxylation sites is 1. The number of nitrogens with one attached hydrogen (secondary N) is 2. The van der Waals surface area contributed by atoms with Gasteiger partial charge in [-0.3, -0.25) is 4.79 Å². The number of carbonyl (C=O) groups excluding carboxylic acids is 1. The highest BCUT2D eigenvalue weighted by Gasteiger charge is 2.04. The zero-order chi connectivity index (χ0) is 16.9. The third-order valence-corrected chi connectivity index (χ3v) is 3.10. The molecule has 0 aliphatic heterocycles. The van der Waals surface area contributed by atoms with Crippen molar-refractivity contribution in [3.8, 4) is 5.75 Å². The first kappa shape index (κ1) is 18.8. The molecule has 1 rings (SSSR count). The minimum absolute atomic E-state index is 0.0258. The van der Waals surface area contributed by atoms with E-state index in [9.17, 15) is 4.79 Å². The van der Waals surface area contributed by atoms with Gasteiger partial charge in [-0.25, -0.2) is 4.99 Å². The molecule has 0 saturated heterocycles. The van der Waals surface area contributed by atoms with Crippen molar-refractivity contribution in [2.24, 2.45) is 4.99 Å². The Kier molecular flexibility index (Phi) is 9.28. The second-order valence-electron chi connectivity index (χ2n) is 5.32. The molecule has 6 heteroatoms. The predicted molar refractivity (Wildman–Crippen MR) is 93.8 cm³/mol. The van der Waals surface area contributed by atoms with Gasteiger partial charge in [-0.05, 0) is 18.6 Å². The van der Waals surface area contributed by atoms with E-state index < -0.39 is 0 Å². The Morgan fingerprint density at radius 3 is 2.52 bits per heavy atom. The number of rotatable bonds is 9. The maximum atomic E-state index is 11.6. The van der Waals surface area contributed by atoms with E-state index in [1.54, 1.807) is 14.1 Å². The highest BCUT2D eigenvalue weighted by molar-refractivity contribution is 5.84. The zero-order valence-electron chi connectivity index (χ0n) is 14.3. The molecule has 6 nitrogen and oxygen atoms in total. The number of unbranched alkanes of at least 4 members (excludes halogenated alkanes) is 1. The molecule has 0 aliphatic rings. The number of benzene rings is 1. The summed E-state index contributed by atoms with van der Waals surface area (Å²) in [6.45, 7) is 4.24. The molecule has 0 unspecified atom stereocenters. The largest absolute Gasteiger partial charge is 0.492 e. The molecular formula is C17H28N4O2. The van der Waals surface area contributed by atoms with Crippen molar-refractivity contribution in [2.45, 2.75) is 19.8 Å². The molecule has 0 fully saturated rings. The Labute approximate surface area is 138 Å². The van der Waals surface area contributed by atoms with E-state index >= 15 is 0 Å². The van der Waals surface area contributed by atoms with E-state index in [4.69, 9.17) is 4.74 Å². The number of likely N-dealkylation sites (N-methyl/N-ethyl adjacent to an activating group) is 1. The molecule has 23 heavy (non-hydrogen) atoms. The molecule has 1 amide bonds. The molecule has 1 aromatic rings. The standard InChI is InChI=1S/C17H28N4O2/c1-4-5-11-18-17(20-14-16(22)21(2)3)19-12-13-23-15-9-7-6-8-10-15/h6-10H,4-5,11-14H2,1-3H3,(H2,18,19,20). The Balaban J connectivity index is 2.38. The summed E-state index contributed by atoms with van der Waals surface area (Å²) in [4.78, 5) is 17.5. The summed E-state index contributed by atoms with van der Waals surface area (Å²) in [6.07, 6.45) is 2.16. The molecule has 0 bridgehead atoms. The van der Waals surface area contributed by atoms with Gasteiger partial charge in [0.2, 0.25) is 5.91 Å². The Morgan fingerprint density at radius 1 is 1.17 bits per heavy atom. The summed E-state index contributed by atoms with van der Waals surface area (Å²) in [7, 11) is 3.45. The van der Waals surface area contributed by atoms with Crippen molar-refractivity contribution in [3.05, 3.63) is 30.3 Å². The van der Waals surface area contributed by atoms with Crippen LogP contribution >= 0.6 is 0 Å². The average Bonchev–Trinajstić information content (AvgIpc) is 2.56. The van der Waals surface area contributed by atoms with Crippen LogP contribution in [-0.4, -0.2) is 57.1 Å². The maximum absolute atomic E-state index is 11.6. The fourth-order valence-corrected chi connectivity index (χ4v) is 1.70. The second kappa shape index (κ2) is 11.3. The van der Waals surface area contributed by atoms with Gasteiger partial charge in [-0.2, -0.15) is 0 Å². The van der Waals surface area contributed by atoms with Crippen molar-refractivity contribution in [2.75, 3.05) is 40.3 Å². The minimum Gasteiger partial charge on any atom is -0.492 e. The lowest BCUT2D eigenvalue weighted by Gasteiger charge is -2.14. The van der Waals surface area contributed by atoms with Crippen LogP contribution in [0, 0.1) is 0 Å². The van der Waals surface area contributed by atoms with E-state index in [1.807, 2.05) is 30.3 Å². The lowest BCUT2D eigenvalue weighted by atomic mass is 10.3. The van der Waals surface area contributed by atoms with Crippen LogP contribution in [0.25, 0.3) is 0 Å². The fourth-order valence-electron chi connectivity index (χ4n) is 1.70. The Morgan fingerprint density at radius 2 is 1.87 bits per heavy atom. The van der Waals surface area contributed by atoms with Crippen LogP contribution in [0.3, 0.4) is 0 Å². The average molecular weight is 320 g/mol. The molecule has 0 aliphatic carbocycles. The lowest BCUT2D eigenvalue weighted by molar-refractivity contribution is -0.127. The van der Waals surface area contributed by atoms with E-state index in [-0.39, 0.29) is 12.5 Å². The lowest BCUT2D eigenvalue weighted by Crippen LogP contribution is -2.40. The van der Waals surface area contributed by atoms with Crippen LogP contribution in [-0.2, 0) is 4.79 Å². The summed E-state index contributed by atoms with van der Waals surface area (Å²) in [5, 5.41) is 6.41. The molecule has 0 spiro atoms. The monoisotopic (exact) mass is 320 g/mol. The number of aliphatic imine (C=N–C) groups is 1. The second-order valence-corrected chi connectivity index (χ2v) is 5.32. The quantitative estimate of drug-likeness (QED) is 0.411. The summed E-state index contributed by atoms with van der Waals surface area (Å²) >= 11 is 0. The maximum Gasteiger partial charge on any atom is 0.243 e. The molecule has 0 aromatic heterocycles. The predicted octanol–water partition coefficient (Wildman–Crippen LogP) is 1.49. The Bertz CT molecular complexity index is 475. The van der Waals surface area contributed by atoms with E-state index in [2.05, 4.69) is 22.5 Å². The van der Waals surface area contributed by atoms with Gasteiger partial charge in [0.05, 0.1) is 6.54 Å². The summed E-state index contributed by atoms with van der Waals surface area (Å²) in [5.41, 5.74) is 0. The molecule has 0 radical (unpaired) electrons. The summed E-state index contributed by atoms with van der Waals surface area (Å²) < 4.78 is 5.63. The molecule has 2 N–H and O–H groups in total. The van der Waals surface area contributed by atoms with Gasteiger partial charge in [0, 0.05) is 20.6 Å². The third-order valence-electron chi connectivity index (χ3n) is 3.10. The van der Waals surface area contributed by atoms with Gasteiger partial charge >= 0.3 is 0 Å². The number of guanidine groups is 1. The van der Waals surface area contributed by atoms with Crippen LogP contribution in [0.1, 0.15) is 19.8 Å². The number of hydrogen-bond donors (Lipinski definition) is 2. The van der Waals surface area contributed by atoms with E-state index in [0.717, 1.165) is 25.1 Å². The van der Waals surface area contributed by atoms with E-state index in [0.29, 0.717) is 19.1 Å². The smallest absolute Gasteiger partial charge is 0.243 e. The third kappa shape index (κ3) is 8.70. The van der Waals surface area contributed by atoms with Crippen LogP contribution in [0.2, 0.25) is 0 Å².